The number of anilines is 1. The van der Waals surface area contributed by atoms with Crippen LogP contribution in [0.2, 0.25) is 0 Å². The maximum absolute atomic E-state index is 13.7. The van der Waals surface area contributed by atoms with E-state index in [1.54, 1.807) is 0 Å². The molecule has 0 spiro atoms. The summed E-state index contributed by atoms with van der Waals surface area (Å²) >= 11 is 0. The Bertz CT molecular complexity index is 1050. The minimum atomic E-state index is -0.640. The van der Waals surface area contributed by atoms with Crippen LogP contribution in [0.25, 0.3) is 5.57 Å². The van der Waals surface area contributed by atoms with Gasteiger partial charge in [0.2, 0.25) is 0 Å². The number of carbonyl (C=O) groups excluding carboxylic acids is 2. The molecule has 32 heavy (non-hydrogen) atoms. The number of allylic oxidation sites excluding steroid dienone is 2. The minimum Gasteiger partial charge on any atom is -0.430 e. The largest absolute Gasteiger partial charge is 0.430 e. The molecule has 3 rings (SSSR count). The smallest absolute Gasteiger partial charge is 0.316 e. The number of Topliss-reactive ketones (excluding diaryl/α,β-unsaturated/α-hetero) is 1. The van der Waals surface area contributed by atoms with Crippen molar-refractivity contribution in [2.75, 3.05) is 19.0 Å². The maximum atomic E-state index is 13.7. The molecule has 4 nitrogen and oxygen atoms in total. The third-order valence-corrected chi connectivity index (χ3v) is 6.02. The summed E-state index contributed by atoms with van der Waals surface area (Å²) in [6.07, 6.45) is 1.06. The number of nitrogens with zero attached hydrogens (tertiary/aromatic N) is 1. The van der Waals surface area contributed by atoms with Crippen LogP contribution in [0, 0.1) is 32.1 Å². The standard InChI is InChI=1S/C28H35NO3/c1-17-13-18(2)24(19(3)14-17)25-23(32-27(31)28(4,5)6)16-21(26(25)30)15-20-9-11-22(12-10-20)29(7)8/h9-14,21H,15-16H2,1-8H3. The van der Waals surface area contributed by atoms with Gasteiger partial charge in [-0.15, -0.1) is 0 Å². The molecule has 0 fully saturated rings. The average molecular weight is 434 g/mol. The first-order valence-corrected chi connectivity index (χ1v) is 11.2. The van der Waals surface area contributed by atoms with Gasteiger partial charge in [-0.1, -0.05) is 29.8 Å². The average Bonchev–Trinajstić information content (AvgIpc) is 2.96. The fraction of sp³-hybridized carbons (Fsp3) is 0.429. The van der Waals surface area contributed by atoms with Crippen LogP contribution in [0.1, 0.15) is 55.0 Å². The molecule has 170 valence electrons. The van der Waals surface area contributed by atoms with Gasteiger partial charge < -0.3 is 9.64 Å². The SMILES string of the molecule is Cc1cc(C)c(C2=C(OC(=O)C(C)(C)C)CC(Cc3ccc(N(C)C)cc3)C2=O)c(C)c1. The van der Waals surface area contributed by atoms with Gasteiger partial charge in [-0.2, -0.15) is 0 Å². The highest BCUT2D eigenvalue weighted by Crippen LogP contribution is 2.41. The van der Waals surface area contributed by atoms with Crippen molar-refractivity contribution in [2.24, 2.45) is 11.3 Å². The Hall–Kier alpha value is -2.88. The molecule has 0 amide bonds. The Morgan fingerprint density at radius 1 is 1.03 bits per heavy atom. The molecular formula is C28H35NO3. The van der Waals surface area contributed by atoms with Gasteiger partial charge in [0.25, 0.3) is 0 Å². The Morgan fingerprint density at radius 3 is 2.09 bits per heavy atom. The van der Waals surface area contributed by atoms with Crippen molar-refractivity contribution < 1.29 is 14.3 Å². The molecule has 0 aromatic heterocycles. The zero-order chi connectivity index (χ0) is 23.8. The minimum absolute atomic E-state index is 0.0634. The van der Waals surface area contributed by atoms with Crippen molar-refractivity contribution in [1.29, 1.82) is 0 Å². The molecule has 1 aliphatic carbocycles. The second-order valence-electron chi connectivity index (χ2n) is 10.2. The summed E-state index contributed by atoms with van der Waals surface area (Å²) in [7, 11) is 4.02. The van der Waals surface area contributed by atoms with E-state index in [0.29, 0.717) is 24.2 Å². The summed E-state index contributed by atoms with van der Waals surface area (Å²) in [5.74, 6) is 0.0302. The van der Waals surface area contributed by atoms with Gasteiger partial charge in [0.05, 0.1) is 11.0 Å². The van der Waals surface area contributed by atoms with Crippen LogP contribution in [0.4, 0.5) is 5.69 Å². The van der Waals surface area contributed by atoms with E-state index in [4.69, 9.17) is 4.74 Å². The van der Waals surface area contributed by atoms with E-state index in [9.17, 15) is 9.59 Å². The predicted octanol–water partition coefficient (Wildman–Crippen LogP) is 5.81. The van der Waals surface area contributed by atoms with Gasteiger partial charge in [-0.3, -0.25) is 9.59 Å². The highest BCUT2D eigenvalue weighted by molar-refractivity contribution is 6.25. The van der Waals surface area contributed by atoms with Crippen LogP contribution < -0.4 is 4.90 Å². The van der Waals surface area contributed by atoms with Gasteiger partial charge in [0.15, 0.2) is 5.78 Å². The van der Waals surface area contributed by atoms with E-state index < -0.39 is 5.41 Å². The normalized spacial score (nSPS) is 16.5. The number of esters is 1. The molecule has 1 aliphatic rings. The summed E-state index contributed by atoms with van der Waals surface area (Å²) in [4.78, 5) is 28.4. The summed E-state index contributed by atoms with van der Waals surface area (Å²) in [5, 5.41) is 0. The van der Waals surface area contributed by atoms with E-state index in [1.807, 2.05) is 48.7 Å². The second-order valence-corrected chi connectivity index (χ2v) is 10.2. The Morgan fingerprint density at radius 2 is 1.59 bits per heavy atom. The van der Waals surface area contributed by atoms with Gasteiger partial charge in [-0.25, -0.2) is 0 Å². The van der Waals surface area contributed by atoms with E-state index in [1.165, 1.54) is 0 Å². The molecule has 0 saturated heterocycles. The monoisotopic (exact) mass is 433 g/mol. The maximum Gasteiger partial charge on any atom is 0.316 e. The topological polar surface area (TPSA) is 46.6 Å². The second kappa shape index (κ2) is 8.93. The quantitative estimate of drug-likeness (QED) is 0.558. The number of ether oxygens (including phenoxy) is 1. The third kappa shape index (κ3) is 4.95. The zero-order valence-electron chi connectivity index (χ0n) is 20.6. The van der Waals surface area contributed by atoms with Gasteiger partial charge in [-0.05, 0) is 82.3 Å². The molecular weight excluding hydrogens is 398 g/mol. The Balaban J connectivity index is 1.98. The summed E-state index contributed by atoms with van der Waals surface area (Å²) in [5.41, 5.74) is 6.29. The van der Waals surface area contributed by atoms with Crippen molar-refractivity contribution in [3.8, 4) is 0 Å². The first-order chi connectivity index (χ1) is 14.9. The van der Waals surface area contributed by atoms with E-state index in [-0.39, 0.29) is 17.7 Å². The third-order valence-electron chi connectivity index (χ3n) is 6.02. The van der Waals surface area contributed by atoms with Crippen LogP contribution in [0.3, 0.4) is 0 Å². The van der Waals surface area contributed by atoms with Crippen LogP contribution >= 0.6 is 0 Å². The lowest BCUT2D eigenvalue weighted by molar-refractivity contribution is -0.148. The van der Waals surface area contributed by atoms with Crippen molar-refractivity contribution in [1.82, 2.24) is 0 Å². The first kappa shape index (κ1) is 23.8. The fourth-order valence-electron chi connectivity index (χ4n) is 4.33. The number of benzene rings is 2. The molecule has 1 atom stereocenters. The molecule has 0 N–H and O–H groups in total. The van der Waals surface area contributed by atoms with E-state index in [0.717, 1.165) is 33.5 Å². The molecule has 2 aromatic rings. The van der Waals surface area contributed by atoms with Crippen LogP contribution in [-0.2, 0) is 20.7 Å². The van der Waals surface area contributed by atoms with E-state index in [2.05, 4.69) is 48.2 Å². The molecule has 0 radical (unpaired) electrons. The van der Waals surface area contributed by atoms with Gasteiger partial charge >= 0.3 is 5.97 Å². The lowest BCUT2D eigenvalue weighted by atomic mass is 9.89. The number of hydrogen-bond donors (Lipinski definition) is 0. The molecule has 0 heterocycles. The fourth-order valence-corrected chi connectivity index (χ4v) is 4.33. The number of hydrogen-bond acceptors (Lipinski definition) is 4. The number of aryl methyl sites for hydroxylation is 3. The lowest BCUT2D eigenvalue weighted by Gasteiger charge is -2.18. The van der Waals surface area contributed by atoms with Crippen LogP contribution in [-0.4, -0.2) is 25.8 Å². The van der Waals surface area contributed by atoms with Crippen molar-refractivity contribution in [2.45, 2.75) is 54.4 Å². The van der Waals surface area contributed by atoms with Gasteiger partial charge in [0.1, 0.15) is 5.76 Å². The number of ketones is 1. The summed E-state index contributed by atoms with van der Waals surface area (Å²) in [6.45, 7) is 11.6. The molecule has 0 bridgehead atoms. The highest BCUT2D eigenvalue weighted by Gasteiger charge is 2.38. The molecule has 2 aromatic carbocycles. The van der Waals surface area contributed by atoms with E-state index >= 15 is 0 Å². The predicted molar refractivity (Wildman–Crippen MR) is 131 cm³/mol. The summed E-state index contributed by atoms with van der Waals surface area (Å²) in [6, 6.07) is 12.4. The van der Waals surface area contributed by atoms with Crippen molar-refractivity contribution in [3.05, 3.63) is 70.0 Å². The highest BCUT2D eigenvalue weighted by atomic mass is 16.5. The van der Waals surface area contributed by atoms with Gasteiger partial charge in [0, 0.05) is 32.1 Å². The molecule has 0 saturated carbocycles. The molecule has 0 aliphatic heterocycles. The first-order valence-electron chi connectivity index (χ1n) is 11.2. The Kier molecular flexibility index (Phi) is 6.64. The lowest BCUT2D eigenvalue weighted by Crippen LogP contribution is -2.22. The molecule has 1 unspecified atom stereocenters. The molecule has 4 heteroatoms. The van der Waals surface area contributed by atoms with Crippen LogP contribution in [0.5, 0.6) is 0 Å². The number of carbonyl (C=O) groups is 2. The van der Waals surface area contributed by atoms with Crippen molar-refractivity contribution in [3.63, 3.8) is 0 Å². The summed E-state index contributed by atoms with van der Waals surface area (Å²) < 4.78 is 5.89. The zero-order valence-corrected chi connectivity index (χ0v) is 20.6. The van der Waals surface area contributed by atoms with Crippen molar-refractivity contribution >= 4 is 23.0 Å². The Labute approximate surface area is 192 Å². The number of rotatable bonds is 5. The van der Waals surface area contributed by atoms with Crippen LogP contribution in [0.15, 0.2) is 42.2 Å².